The number of carbonyl (C=O) groups is 1. The Morgan fingerprint density at radius 1 is 1.57 bits per heavy atom. The van der Waals surface area contributed by atoms with Gasteiger partial charge in [0, 0.05) is 23.7 Å². The van der Waals surface area contributed by atoms with Crippen LogP contribution in [0.15, 0.2) is 18.2 Å². The summed E-state index contributed by atoms with van der Waals surface area (Å²) in [4.78, 5) is 11.2. The van der Waals surface area contributed by atoms with Gasteiger partial charge in [0.05, 0.1) is 0 Å². The average molecular weight is 213 g/mol. The Morgan fingerprint density at radius 3 is 2.86 bits per heavy atom. The third-order valence-electron chi connectivity index (χ3n) is 1.83. The fourth-order valence-electron chi connectivity index (χ4n) is 1.11. The summed E-state index contributed by atoms with van der Waals surface area (Å²) in [5.74, 6) is -0.0714. The Hall–Kier alpha value is -1.06. The largest absolute Gasteiger partial charge is 0.330 e. The monoisotopic (exact) mass is 212 g/mol. The van der Waals surface area contributed by atoms with Crippen LogP contribution in [0.25, 0.3) is 0 Å². The standard InChI is InChI=1S/C10H13ClN2O/c1-7-6-8(11)2-3-9(7)13-10(14)4-5-12/h2-3,6H,4-5,12H2,1H3,(H,13,14). The van der Waals surface area contributed by atoms with Gasteiger partial charge < -0.3 is 11.1 Å². The fraction of sp³-hybridized carbons (Fsp3) is 0.300. The SMILES string of the molecule is Cc1cc(Cl)ccc1NC(=O)CCN. The van der Waals surface area contributed by atoms with E-state index in [0.29, 0.717) is 18.0 Å². The van der Waals surface area contributed by atoms with Gasteiger partial charge in [-0.2, -0.15) is 0 Å². The van der Waals surface area contributed by atoms with Crippen molar-refractivity contribution in [1.82, 2.24) is 0 Å². The Morgan fingerprint density at radius 2 is 2.29 bits per heavy atom. The first-order valence-corrected chi connectivity index (χ1v) is 4.77. The lowest BCUT2D eigenvalue weighted by Crippen LogP contribution is -2.16. The third-order valence-corrected chi connectivity index (χ3v) is 2.07. The second-order valence-electron chi connectivity index (χ2n) is 3.05. The molecule has 1 amide bonds. The van der Waals surface area contributed by atoms with Crippen molar-refractivity contribution in [3.8, 4) is 0 Å². The summed E-state index contributed by atoms with van der Waals surface area (Å²) in [7, 11) is 0. The highest BCUT2D eigenvalue weighted by Gasteiger charge is 2.03. The van der Waals surface area contributed by atoms with Gasteiger partial charge in [-0.05, 0) is 30.7 Å². The van der Waals surface area contributed by atoms with E-state index in [1.54, 1.807) is 18.2 Å². The summed E-state index contributed by atoms with van der Waals surface area (Å²) in [6.07, 6.45) is 0.335. The number of nitrogens with one attached hydrogen (secondary N) is 1. The van der Waals surface area contributed by atoms with E-state index in [-0.39, 0.29) is 5.91 Å². The van der Waals surface area contributed by atoms with Crippen molar-refractivity contribution in [2.75, 3.05) is 11.9 Å². The van der Waals surface area contributed by atoms with Crippen molar-refractivity contribution in [2.24, 2.45) is 5.73 Å². The molecular formula is C10H13ClN2O. The van der Waals surface area contributed by atoms with Crippen LogP contribution < -0.4 is 11.1 Å². The van der Waals surface area contributed by atoms with E-state index in [1.807, 2.05) is 6.92 Å². The number of hydrogen-bond donors (Lipinski definition) is 2. The topological polar surface area (TPSA) is 55.1 Å². The molecule has 0 saturated heterocycles. The van der Waals surface area contributed by atoms with Crippen LogP contribution >= 0.6 is 11.6 Å². The highest BCUT2D eigenvalue weighted by atomic mass is 35.5. The molecular weight excluding hydrogens is 200 g/mol. The minimum Gasteiger partial charge on any atom is -0.330 e. The number of halogens is 1. The maximum atomic E-state index is 11.2. The zero-order chi connectivity index (χ0) is 10.6. The summed E-state index contributed by atoms with van der Waals surface area (Å²) in [6.45, 7) is 2.25. The van der Waals surface area contributed by atoms with Gasteiger partial charge in [-0.25, -0.2) is 0 Å². The smallest absolute Gasteiger partial charge is 0.225 e. The van der Waals surface area contributed by atoms with Crippen LogP contribution in [0.3, 0.4) is 0 Å². The first-order chi connectivity index (χ1) is 6.63. The number of nitrogens with two attached hydrogens (primary N) is 1. The lowest BCUT2D eigenvalue weighted by Gasteiger charge is -2.07. The molecule has 1 aromatic carbocycles. The third kappa shape index (κ3) is 3.01. The molecule has 0 heterocycles. The predicted octanol–water partition coefficient (Wildman–Crippen LogP) is 1.94. The van der Waals surface area contributed by atoms with Gasteiger partial charge in [-0.15, -0.1) is 0 Å². The molecule has 0 aliphatic heterocycles. The minimum atomic E-state index is -0.0714. The van der Waals surface area contributed by atoms with E-state index in [2.05, 4.69) is 5.32 Å². The van der Waals surface area contributed by atoms with Crippen LogP contribution in [0.2, 0.25) is 5.02 Å². The lowest BCUT2D eigenvalue weighted by atomic mass is 10.2. The molecule has 4 heteroatoms. The van der Waals surface area contributed by atoms with Gasteiger partial charge in [0.2, 0.25) is 5.91 Å². The van der Waals surface area contributed by atoms with Gasteiger partial charge >= 0.3 is 0 Å². The normalized spacial score (nSPS) is 9.93. The van der Waals surface area contributed by atoms with Gasteiger partial charge in [0.15, 0.2) is 0 Å². The van der Waals surface area contributed by atoms with Crippen LogP contribution in [-0.2, 0) is 4.79 Å². The van der Waals surface area contributed by atoms with E-state index in [4.69, 9.17) is 17.3 Å². The van der Waals surface area contributed by atoms with Crippen molar-refractivity contribution in [2.45, 2.75) is 13.3 Å². The van der Waals surface area contributed by atoms with Crippen LogP contribution in [0.1, 0.15) is 12.0 Å². The molecule has 14 heavy (non-hydrogen) atoms. The Labute approximate surface area is 88.2 Å². The lowest BCUT2D eigenvalue weighted by molar-refractivity contribution is -0.116. The van der Waals surface area contributed by atoms with Crippen molar-refractivity contribution in [3.63, 3.8) is 0 Å². The second kappa shape index (κ2) is 4.98. The van der Waals surface area contributed by atoms with E-state index in [1.165, 1.54) is 0 Å². The number of amides is 1. The van der Waals surface area contributed by atoms with E-state index < -0.39 is 0 Å². The second-order valence-corrected chi connectivity index (χ2v) is 3.48. The minimum absolute atomic E-state index is 0.0714. The molecule has 1 aromatic rings. The van der Waals surface area contributed by atoms with Crippen molar-refractivity contribution in [1.29, 1.82) is 0 Å². The number of rotatable bonds is 3. The summed E-state index contributed by atoms with van der Waals surface area (Å²) in [5, 5.41) is 3.43. The van der Waals surface area contributed by atoms with Crippen LogP contribution in [0.5, 0.6) is 0 Å². The van der Waals surface area contributed by atoms with Crippen molar-refractivity contribution in [3.05, 3.63) is 28.8 Å². The molecule has 1 rings (SSSR count). The van der Waals surface area contributed by atoms with E-state index in [9.17, 15) is 4.79 Å². The molecule has 0 radical (unpaired) electrons. The molecule has 3 N–H and O–H groups in total. The number of aryl methyl sites for hydroxylation is 1. The Kier molecular flexibility index (Phi) is 3.92. The molecule has 0 fully saturated rings. The average Bonchev–Trinajstić information content (AvgIpc) is 2.10. The number of benzene rings is 1. The Bertz CT molecular complexity index is 339. The van der Waals surface area contributed by atoms with Crippen molar-refractivity contribution < 1.29 is 4.79 Å². The van der Waals surface area contributed by atoms with E-state index >= 15 is 0 Å². The molecule has 76 valence electrons. The first-order valence-electron chi connectivity index (χ1n) is 4.39. The molecule has 0 bridgehead atoms. The zero-order valence-electron chi connectivity index (χ0n) is 8.01. The van der Waals surface area contributed by atoms with Gasteiger partial charge in [0.25, 0.3) is 0 Å². The molecule has 0 aromatic heterocycles. The van der Waals surface area contributed by atoms with Gasteiger partial charge in [0.1, 0.15) is 0 Å². The molecule has 0 aliphatic rings. The first kappa shape index (κ1) is 11.0. The highest BCUT2D eigenvalue weighted by molar-refractivity contribution is 6.30. The molecule has 3 nitrogen and oxygen atoms in total. The number of hydrogen-bond acceptors (Lipinski definition) is 2. The van der Waals surface area contributed by atoms with Gasteiger partial charge in [-0.1, -0.05) is 11.6 Å². The molecule has 0 saturated carbocycles. The molecule has 0 spiro atoms. The fourth-order valence-corrected chi connectivity index (χ4v) is 1.34. The van der Waals surface area contributed by atoms with Crippen LogP contribution in [0.4, 0.5) is 5.69 Å². The van der Waals surface area contributed by atoms with Crippen molar-refractivity contribution >= 4 is 23.2 Å². The number of carbonyl (C=O) groups excluding carboxylic acids is 1. The van der Waals surface area contributed by atoms with E-state index in [0.717, 1.165) is 11.3 Å². The quantitative estimate of drug-likeness (QED) is 0.805. The molecule has 0 atom stereocenters. The summed E-state index contributed by atoms with van der Waals surface area (Å²) >= 11 is 5.78. The predicted molar refractivity (Wildman–Crippen MR) is 58.5 cm³/mol. The maximum absolute atomic E-state index is 11.2. The summed E-state index contributed by atoms with van der Waals surface area (Å²) in [5.41, 5.74) is 7.00. The van der Waals surface area contributed by atoms with Gasteiger partial charge in [-0.3, -0.25) is 4.79 Å². The molecule has 0 aliphatic carbocycles. The highest BCUT2D eigenvalue weighted by Crippen LogP contribution is 2.19. The summed E-state index contributed by atoms with van der Waals surface area (Å²) in [6, 6.07) is 5.33. The number of anilines is 1. The Balaban J connectivity index is 2.72. The summed E-state index contributed by atoms with van der Waals surface area (Å²) < 4.78 is 0. The van der Waals surface area contributed by atoms with Crippen LogP contribution in [-0.4, -0.2) is 12.5 Å². The zero-order valence-corrected chi connectivity index (χ0v) is 8.77. The van der Waals surface area contributed by atoms with Crippen LogP contribution in [0, 0.1) is 6.92 Å². The molecule has 0 unspecified atom stereocenters. The maximum Gasteiger partial charge on any atom is 0.225 e.